The summed E-state index contributed by atoms with van der Waals surface area (Å²) in [6.07, 6.45) is 3.29. The smallest absolute Gasteiger partial charge is 0.225 e. The average molecular weight is 237 g/mol. The SMILES string of the molecule is O=C1CCC(NC(=O)Cc2cccs2)CC1. The first kappa shape index (κ1) is 11.3. The average Bonchev–Trinajstić information content (AvgIpc) is 2.74. The molecule has 1 aromatic heterocycles. The molecule has 2 rings (SSSR count). The first-order valence-electron chi connectivity index (χ1n) is 5.57. The molecule has 1 saturated carbocycles. The maximum absolute atomic E-state index is 11.7. The van der Waals surface area contributed by atoms with Gasteiger partial charge in [-0.2, -0.15) is 0 Å². The number of nitrogens with one attached hydrogen (secondary N) is 1. The van der Waals surface area contributed by atoms with Crippen LogP contribution in [0.3, 0.4) is 0 Å². The van der Waals surface area contributed by atoms with E-state index in [2.05, 4.69) is 5.32 Å². The molecular formula is C12H15NO2S. The first-order valence-corrected chi connectivity index (χ1v) is 6.45. The Morgan fingerprint density at radius 3 is 2.81 bits per heavy atom. The molecule has 0 saturated heterocycles. The fourth-order valence-corrected chi connectivity index (χ4v) is 2.64. The number of rotatable bonds is 3. The molecule has 0 radical (unpaired) electrons. The maximum Gasteiger partial charge on any atom is 0.225 e. The summed E-state index contributed by atoms with van der Waals surface area (Å²) >= 11 is 1.60. The second kappa shape index (κ2) is 5.25. The zero-order valence-electron chi connectivity index (χ0n) is 9.07. The third-order valence-corrected chi connectivity index (χ3v) is 3.70. The Labute approximate surface area is 98.9 Å². The predicted molar refractivity (Wildman–Crippen MR) is 63.4 cm³/mol. The number of hydrogen-bond donors (Lipinski definition) is 1. The lowest BCUT2D eigenvalue weighted by Crippen LogP contribution is -2.38. The second-order valence-electron chi connectivity index (χ2n) is 4.14. The number of carbonyl (C=O) groups is 2. The van der Waals surface area contributed by atoms with E-state index in [1.54, 1.807) is 11.3 Å². The Balaban J connectivity index is 1.77. The van der Waals surface area contributed by atoms with Crippen molar-refractivity contribution in [1.82, 2.24) is 5.32 Å². The van der Waals surface area contributed by atoms with Gasteiger partial charge in [0.15, 0.2) is 0 Å². The van der Waals surface area contributed by atoms with Gasteiger partial charge >= 0.3 is 0 Å². The van der Waals surface area contributed by atoms with Gasteiger partial charge in [0.25, 0.3) is 0 Å². The van der Waals surface area contributed by atoms with Crippen LogP contribution >= 0.6 is 11.3 Å². The molecule has 1 fully saturated rings. The molecule has 1 heterocycles. The topological polar surface area (TPSA) is 46.2 Å². The molecule has 1 aliphatic carbocycles. The van der Waals surface area contributed by atoms with E-state index in [-0.39, 0.29) is 11.9 Å². The number of carbonyl (C=O) groups excluding carboxylic acids is 2. The Hall–Kier alpha value is -1.16. The van der Waals surface area contributed by atoms with Crippen molar-refractivity contribution in [3.63, 3.8) is 0 Å². The first-order chi connectivity index (χ1) is 7.74. The van der Waals surface area contributed by atoms with E-state index >= 15 is 0 Å². The minimum atomic E-state index is 0.0711. The minimum absolute atomic E-state index is 0.0711. The molecule has 1 amide bonds. The van der Waals surface area contributed by atoms with E-state index in [0.717, 1.165) is 17.7 Å². The highest BCUT2D eigenvalue weighted by Crippen LogP contribution is 2.15. The minimum Gasteiger partial charge on any atom is -0.353 e. The van der Waals surface area contributed by atoms with Crippen LogP contribution in [0.1, 0.15) is 30.6 Å². The number of amides is 1. The van der Waals surface area contributed by atoms with E-state index in [1.165, 1.54) is 0 Å². The van der Waals surface area contributed by atoms with Crippen LogP contribution in [0.2, 0.25) is 0 Å². The molecule has 0 bridgehead atoms. The van der Waals surface area contributed by atoms with Crippen LogP contribution in [0.15, 0.2) is 17.5 Å². The van der Waals surface area contributed by atoms with Gasteiger partial charge in [0.2, 0.25) is 5.91 Å². The van der Waals surface area contributed by atoms with Crippen molar-refractivity contribution in [1.29, 1.82) is 0 Å². The fraction of sp³-hybridized carbons (Fsp3) is 0.500. The molecule has 3 nitrogen and oxygen atoms in total. The lowest BCUT2D eigenvalue weighted by Gasteiger charge is -2.21. The van der Waals surface area contributed by atoms with Gasteiger partial charge in [-0.1, -0.05) is 6.07 Å². The number of Topliss-reactive ketones (excluding diaryl/α,β-unsaturated/α-hetero) is 1. The van der Waals surface area contributed by atoms with E-state index in [1.807, 2.05) is 17.5 Å². The van der Waals surface area contributed by atoms with Crippen LogP contribution in [0.4, 0.5) is 0 Å². The summed E-state index contributed by atoms with van der Waals surface area (Å²) < 4.78 is 0. The quantitative estimate of drug-likeness (QED) is 0.873. The molecule has 0 unspecified atom stereocenters. The third kappa shape index (κ3) is 3.17. The van der Waals surface area contributed by atoms with E-state index in [0.29, 0.717) is 25.0 Å². The summed E-state index contributed by atoms with van der Waals surface area (Å²) in [5.74, 6) is 0.394. The highest BCUT2D eigenvalue weighted by molar-refractivity contribution is 7.10. The Morgan fingerprint density at radius 2 is 2.19 bits per heavy atom. The Kier molecular flexibility index (Phi) is 3.72. The third-order valence-electron chi connectivity index (χ3n) is 2.82. The maximum atomic E-state index is 11.7. The molecule has 86 valence electrons. The monoisotopic (exact) mass is 237 g/mol. The van der Waals surface area contributed by atoms with Crippen molar-refractivity contribution in [2.24, 2.45) is 0 Å². The van der Waals surface area contributed by atoms with Crippen LogP contribution < -0.4 is 5.32 Å². The van der Waals surface area contributed by atoms with Gasteiger partial charge in [0, 0.05) is 23.8 Å². The summed E-state index contributed by atoms with van der Waals surface area (Å²) in [6, 6.07) is 4.12. The molecular weight excluding hydrogens is 222 g/mol. The summed E-state index contributed by atoms with van der Waals surface area (Å²) in [5.41, 5.74) is 0. The lowest BCUT2D eigenvalue weighted by molar-refractivity contribution is -0.124. The van der Waals surface area contributed by atoms with Crippen LogP contribution in [-0.2, 0) is 16.0 Å². The summed E-state index contributed by atoms with van der Waals surface area (Å²) in [5, 5.41) is 4.97. The summed E-state index contributed by atoms with van der Waals surface area (Å²) in [6.45, 7) is 0. The van der Waals surface area contributed by atoms with Gasteiger partial charge in [0.05, 0.1) is 6.42 Å². The Morgan fingerprint density at radius 1 is 1.44 bits per heavy atom. The van der Waals surface area contributed by atoms with Crippen LogP contribution in [0.5, 0.6) is 0 Å². The second-order valence-corrected chi connectivity index (χ2v) is 5.17. The number of thiophene rings is 1. The zero-order chi connectivity index (χ0) is 11.4. The van der Waals surface area contributed by atoms with Gasteiger partial charge < -0.3 is 5.32 Å². The summed E-state index contributed by atoms with van der Waals surface area (Å²) in [4.78, 5) is 23.8. The van der Waals surface area contributed by atoms with Gasteiger partial charge in [0.1, 0.15) is 5.78 Å². The molecule has 0 spiro atoms. The van der Waals surface area contributed by atoms with Gasteiger partial charge in [-0.05, 0) is 24.3 Å². The number of ketones is 1. The predicted octanol–water partition coefficient (Wildman–Crippen LogP) is 1.92. The molecule has 1 aromatic rings. The highest BCUT2D eigenvalue weighted by Gasteiger charge is 2.20. The van der Waals surface area contributed by atoms with E-state index < -0.39 is 0 Å². The van der Waals surface area contributed by atoms with Crippen molar-refractivity contribution in [2.75, 3.05) is 0 Å². The van der Waals surface area contributed by atoms with Crippen LogP contribution in [0, 0.1) is 0 Å². The van der Waals surface area contributed by atoms with Crippen molar-refractivity contribution in [2.45, 2.75) is 38.1 Å². The lowest BCUT2D eigenvalue weighted by atomic mass is 9.94. The van der Waals surface area contributed by atoms with Gasteiger partial charge in [-0.3, -0.25) is 9.59 Å². The van der Waals surface area contributed by atoms with Gasteiger partial charge in [-0.15, -0.1) is 11.3 Å². The largest absolute Gasteiger partial charge is 0.353 e. The van der Waals surface area contributed by atoms with Crippen LogP contribution in [-0.4, -0.2) is 17.7 Å². The zero-order valence-corrected chi connectivity index (χ0v) is 9.89. The van der Waals surface area contributed by atoms with Crippen LogP contribution in [0.25, 0.3) is 0 Å². The van der Waals surface area contributed by atoms with Crippen molar-refractivity contribution in [3.8, 4) is 0 Å². The molecule has 16 heavy (non-hydrogen) atoms. The molecule has 0 aromatic carbocycles. The van der Waals surface area contributed by atoms with Crippen molar-refractivity contribution >= 4 is 23.0 Å². The Bertz CT molecular complexity index is 362. The highest BCUT2D eigenvalue weighted by atomic mass is 32.1. The molecule has 1 N–H and O–H groups in total. The van der Waals surface area contributed by atoms with Crippen molar-refractivity contribution in [3.05, 3.63) is 22.4 Å². The molecule has 1 aliphatic rings. The number of hydrogen-bond acceptors (Lipinski definition) is 3. The molecule has 0 aliphatic heterocycles. The molecule has 4 heteroatoms. The van der Waals surface area contributed by atoms with Crippen molar-refractivity contribution < 1.29 is 9.59 Å². The summed E-state index contributed by atoms with van der Waals surface area (Å²) in [7, 11) is 0. The van der Waals surface area contributed by atoms with E-state index in [9.17, 15) is 9.59 Å². The van der Waals surface area contributed by atoms with Gasteiger partial charge in [-0.25, -0.2) is 0 Å². The normalized spacial score (nSPS) is 17.4. The standard InChI is InChI=1S/C12H15NO2S/c14-10-5-3-9(4-6-10)13-12(15)8-11-2-1-7-16-11/h1-2,7,9H,3-6,8H2,(H,13,15). The van der Waals surface area contributed by atoms with E-state index in [4.69, 9.17) is 0 Å². The molecule has 0 atom stereocenters. The fourth-order valence-electron chi connectivity index (χ4n) is 1.93.